The Kier molecular flexibility index (Phi) is 1.81. The Hall–Kier alpha value is -2.10. The Morgan fingerprint density at radius 2 is 2.21 bits per heavy atom. The van der Waals surface area contributed by atoms with Crippen LogP contribution >= 0.6 is 0 Å². The van der Waals surface area contributed by atoms with Gasteiger partial charge in [-0.1, -0.05) is 0 Å². The highest BCUT2D eigenvalue weighted by atomic mass is 16.2. The number of Topliss-reactive ketones (excluding diaryl/α,β-unsaturated/α-hetero) is 1. The van der Waals surface area contributed by atoms with Crippen LogP contribution in [0.25, 0.3) is 10.9 Å². The van der Waals surface area contributed by atoms with Gasteiger partial charge in [0.2, 0.25) is 5.78 Å². The van der Waals surface area contributed by atoms with Crippen LogP contribution in [0.3, 0.4) is 0 Å². The Labute approximate surface area is 79.7 Å². The molecule has 4 heteroatoms. The van der Waals surface area contributed by atoms with Gasteiger partial charge in [-0.25, -0.2) is 0 Å². The van der Waals surface area contributed by atoms with Crippen molar-refractivity contribution in [2.45, 2.75) is 0 Å². The second-order valence-corrected chi connectivity index (χ2v) is 2.99. The lowest BCUT2D eigenvalue weighted by Gasteiger charge is -1.94. The molecule has 0 amide bonds. The molecule has 0 spiro atoms. The van der Waals surface area contributed by atoms with E-state index in [1.54, 1.807) is 18.2 Å². The Morgan fingerprint density at radius 1 is 1.43 bits per heavy atom. The fourth-order valence-corrected chi connectivity index (χ4v) is 1.41. The molecule has 0 saturated carbocycles. The van der Waals surface area contributed by atoms with Crippen LogP contribution in [0.2, 0.25) is 0 Å². The first-order valence-electron chi connectivity index (χ1n) is 4.08. The van der Waals surface area contributed by atoms with Crippen LogP contribution in [0.1, 0.15) is 10.4 Å². The fraction of sp³-hybridized carbons (Fsp3) is 0. The van der Waals surface area contributed by atoms with E-state index in [9.17, 15) is 9.59 Å². The normalized spacial score (nSPS) is 10.3. The van der Waals surface area contributed by atoms with Crippen molar-refractivity contribution in [2.75, 3.05) is 5.73 Å². The molecule has 0 bridgehead atoms. The number of hydrogen-bond acceptors (Lipinski definition) is 3. The number of ketones is 1. The second-order valence-electron chi connectivity index (χ2n) is 2.99. The molecule has 0 fully saturated rings. The number of carbonyl (C=O) groups is 2. The fourth-order valence-electron chi connectivity index (χ4n) is 1.41. The van der Waals surface area contributed by atoms with E-state index >= 15 is 0 Å². The molecule has 0 aliphatic rings. The number of aromatic nitrogens is 1. The van der Waals surface area contributed by atoms with E-state index in [1.165, 1.54) is 6.20 Å². The van der Waals surface area contributed by atoms with Crippen LogP contribution in [0.4, 0.5) is 5.69 Å². The minimum Gasteiger partial charge on any atom is -0.399 e. The number of rotatable bonds is 2. The summed E-state index contributed by atoms with van der Waals surface area (Å²) >= 11 is 0. The number of anilines is 1. The van der Waals surface area contributed by atoms with Crippen molar-refractivity contribution in [3.8, 4) is 0 Å². The largest absolute Gasteiger partial charge is 0.399 e. The van der Waals surface area contributed by atoms with E-state index in [0.717, 1.165) is 5.52 Å². The molecule has 1 aromatic carbocycles. The van der Waals surface area contributed by atoms with Crippen molar-refractivity contribution < 1.29 is 9.59 Å². The predicted octanol–water partition coefficient (Wildman–Crippen LogP) is 1.13. The first-order valence-corrected chi connectivity index (χ1v) is 4.08. The van der Waals surface area contributed by atoms with Gasteiger partial charge in [0.05, 0.1) is 5.56 Å². The van der Waals surface area contributed by atoms with E-state index < -0.39 is 5.78 Å². The predicted molar refractivity (Wildman–Crippen MR) is 53.1 cm³/mol. The summed E-state index contributed by atoms with van der Waals surface area (Å²) in [5, 5.41) is 0.683. The van der Waals surface area contributed by atoms with Crippen molar-refractivity contribution in [3.05, 3.63) is 30.0 Å². The first kappa shape index (κ1) is 8.50. The molecule has 0 aliphatic carbocycles. The molecular formula is C10H8N2O2. The SMILES string of the molecule is Nc1ccc2[nH]cc(C(=O)C=O)c2c1. The highest BCUT2D eigenvalue weighted by Crippen LogP contribution is 2.20. The van der Waals surface area contributed by atoms with E-state index in [-0.39, 0.29) is 0 Å². The molecule has 0 aliphatic heterocycles. The van der Waals surface area contributed by atoms with Crippen molar-refractivity contribution in [3.63, 3.8) is 0 Å². The summed E-state index contributed by atoms with van der Waals surface area (Å²) in [5.41, 5.74) is 7.31. The summed E-state index contributed by atoms with van der Waals surface area (Å²) in [7, 11) is 0. The molecule has 0 unspecified atom stereocenters. The minimum absolute atomic E-state index is 0.297. The van der Waals surface area contributed by atoms with Crippen LogP contribution in [-0.4, -0.2) is 17.1 Å². The van der Waals surface area contributed by atoms with Gasteiger partial charge >= 0.3 is 0 Å². The lowest BCUT2D eigenvalue weighted by atomic mass is 10.1. The molecule has 3 N–H and O–H groups in total. The van der Waals surface area contributed by atoms with E-state index in [1.807, 2.05) is 0 Å². The molecular weight excluding hydrogens is 180 g/mol. The van der Waals surface area contributed by atoms with Gasteiger partial charge in [-0.05, 0) is 18.2 Å². The number of hydrogen-bond donors (Lipinski definition) is 2. The number of nitrogens with one attached hydrogen (secondary N) is 1. The smallest absolute Gasteiger partial charge is 0.227 e. The molecule has 2 rings (SSSR count). The van der Waals surface area contributed by atoms with E-state index in [2.05, 4.69) is 4.98 Å². The maximum Gasteiger partial charge on any atom is 0.227 e. The summed E-state index contributed by atoms with van der Waals surface area (Å²) in [5.74, 6) is -0.540. The number of carbonyl (C=O) groups excluding carboxylic acids is 2. The summed E-state index contributed by atoms with van der Waals surface area (Å²) in [6.07, 6.45) is 1.81. The second kappa shape index (κ2) is 2.99. The van der Waals surface area contributed by atoms with Gasteiger partial charge in [-0.3, -0.25) is 9.59 Å². The zero-order chi connectivity index (χ0) is 10.1. The monoisotopic (exact) mass is 188 g/mol. The number of aldehydes is 1. The average Bonchev–Trinajstić information content (AvgIpc) is 2.59. The van der Waals surface area contributed by atoms with Gasteiger partial charge in [0.1, 0.15) is 0 Å². The van der Waals surface area contributed by atoms with Gasteiger partial charge in [-0.2, -0.15) is 0 Å². The van der Waals surface area contributed by atoms with Crippen molar-refractivity contribution in [1.82, 2.24) is 4.98 Å². The molecule has 4 nitrogen and oxygen atoms in total. The van der Waals surface area contributed by atoms with E-state index in [0.29, 0.717) is 22.9 Å². The third kappa shape index (κ3) is 1.17. The Bertz CT molecular complexity index is 514. The van der Waals surface area contributed by atoms with Gasteiger partial charge in [-0.15, -0.1) is 0 Å². The molecule has 1 heterocycles. The number of nitrogens with two attached hydrogens (primary N) is 1. The lowest BCUT2D eigenvalue weighted by Crippen LogP contribution is -1.98. The number of nitrogen functional groups attached to an aromatic ring is 1. The standard InChI is InChI=1S/C10H8N2O2/c11-6-1-2-9-7(3-6)8(4-12-9)10(14)5-13/h1-5,12H,11H2. The van der Waals surface area contributed by atoms with Crippen LogP contribution < -0.4 is 5.73 Å². The van der Waals surface area contributed by atoms with Crippen LogP contribution in [0, 0.1) is 0 Å². The molecule has 0 radical (unpaired) electrons. The molecule has 1 aromatic heterocycles. The first-order chi connectivity index (χ1) is 6.72. The number of aromatic amines is 1. The van der Waals surface area contributed by atoms with E-state index in [4.69, 9.17) is 5.73 Å². The minimum atomic E-state index is -0.540. The molecule has 14 heavy (non-hydrogen) atoms. The topological polar surface area (TPSA) is 76.0 Å². The van der Waals surface area contributed by atoms with Crippen molar-refractivity contribution in [1.29, 1.82) is 0 Å². The zero-order valence-electron chi connectivity index (χ0n) is 7.28. The summed E-state index contributed by atoms with van der Waals surface area (Å²) in [6.45, 7) is 0. The number of benzene rings is 1. The number of H-pyrrole nitrogens is 1. The quantitative estimate of drug-likeness (QED) is 0.321. The van der Waals surface area contributed by atoms with Crippen LogP contribution in [0.15, 0.2) is 24.4 Å². The van der Waals surface area contributed by atoms with Gasteiger partial charge in [0.25, 0.3) is 0 Å². The summed E-state index contributed by atoms with van der Waals surface area (Å²) in [6, 6.07) is 5.17. The van der Waals surface area contributed by atoms with Crippen molar-refractivity contribution in [2.24, 2.45) is 0 Å². The Morgan fingerprint density at radius 3 is 2.93 bits per heavy atom. The number of fused-ring (bicyclic) bond motifs is 1. The highest BCUT2D eigenvalue weighted by molar-refractivity contribution is 6.36. The molecule has 2 aromatic rings. The van der Waals surface area contributed by atoms with Crippen LogP contribution in [-0.2, 0) is 4.79 Å². The summed E-state index contributed by atoms with van der Waals surface area (Å²) in [4.78, 5) is 24.4. The van der Waals surface area contributed by atoms with Gasteiger partial charge in [0.15, 0.2) is 6.29 Å². The third-order valence-corrected chi connectivity index (χ3v) is 2.08. The van der Waals surface area contributed by atoms with Crippen molar-refractivity contribution >= 4 is 28.7 Å². The summed E-state index contributed by atoms with van der Waals surface area (Å²) < 4.78 is 0. The maximum absolute atomic E-state index is 11.2. The maximum atomic E-state index is 11.2. The molecule has 70 valence electrons. The lowest BCUT2D eigenvalue weighted by molar-refractivity contribution is -0.104. The molecule has 0 atom stereocenters. The average molecular weight is 188 g/mol. The zero-order valence-corrected chi connectivity index (χ0v) is 7.28. The van der Waals surface area contributed by atoms with Crippen LogP contribution in [0.5, 0.6) is 0 Å². The third-order valence-electron chi connectivity index (χ3n) is 2.08. The molecule has 0 saturated heterocycles. The van der Waals surface area contributed by atoms with Gasteiger partial charge < -0.3 is 10.7 Å². The highest BCUT2D eigenvalue weighted by Gasteiger charge is 2.10. The van der Waals surface area contributed by atoms with Gasteiger partial charge in [0, 0.05) is 22.8 Å². The Balaban J connectivity index is 2.72.